The minimum absolute atomic E-state index is 0.143. The van der Waals surface area contributed by atoms with Crippen molar-refractivity contribution in [2.45, 2.75) is 30.6 Å². The van der Waals surface area contributed by atoms with Crippen LogP contribution in [-0.2, 0) is 9.84 Å². The number of nitrogens with zero attached hydrogens (tertiary/aromatic N) is 1. The Labute approximate surface area is 107 Å². The van der Waals surface area contributed by atoms with E-state index in [2.05, 4.69) is 4.98 Å². The van der Waals surface area contributed by atoms with E-state index in [4.69, 9.17) is 4.74 Å². The zero-order valence-electron chi connectivity index (χ0n) is 10.2. The first kappa shape index (κ1) is 13.3. The Morgan fingerprint density at radius 2 is 2.28 bits per heavy atom. The lowest BCUT2D eigenvalue weighted by atomic mass is 10.1. The number of pyridine rings is 1. The summed E-state index contributed by atoms with van der Waals surface area (Å²) in [6.45, 7) is 0. The van der Waals surface area contributed by atoms with Crippen LogP contribution in [0.1, 0.15) is 31.1 Å². The Balaban J connectivity index is 2.33. The summed E-state index contributed by atoms with van der Waals surface area (Å²) in [5.74, 6) is 0.565. The molecule has 2 unspecified atom stereocenters. The summed E-state index contributed by atoms with van der Waals surface area (Å²) in [6, 6.07) is 3.35. The topological polar surface area (TPSA) is 76.5 Å². The minimum atomic E-state index is -3.24. The van der Waals surface area contributed by atoms with Crippen LogP contribution < -0.4 is 4.74 Å². The monoisotopic (exact) mass is 271 g/mol. The Kier molecular flexibility index (Phi) is 3.87. The van der Waals surface area contributed by atoms with Crippen molar-refractivity contribution in [3.8, 4) is 5.75 Å². The molecule has 1 saturated heterocycles. The van der Waals surface area contributed by atoms with Crippen molar-refractivity contribution in [3.63, 3.8) is 0 Å². The molecule has 0 bridgehead atoms. The predicted molar refractivity (Wildman–Crippen MR) is 67.2 cm³/mol. The highest BCUT2D eigenvalue weighted by Gasteiger charge is 2.37. The summed E-state index contributed by atoms with van der Waals surface area (Å²) in [5.41, 5.74) is 0.301. The van der Waals surface area contributed by atoms with E-state index in [9.17, 15) is 13.5 Å². The molecule has 1 aliphatic heterocycles. The average Bonchev–Trinajstić information content (AvgIpc) is 2.37. The fraction of sp³-hybridized carbons (Fsp3) is 0.583. The Hall–Kier alpha value is -1.14. The van der Waals surface area contributed by atoms with E-state index in [1.54, 1.807) is 12.1 Å². The van der Waals surface area contributed by atoms with Gasteiger partial charge in [0.1, 0.15) is 17.5 Å². The molecule has 0 saturated carbocycles. The van der Waals surface area contributed by atoms with Crippen LogP contribution in [0.15, 0.2) is 18.3 Å². The highest BCUT2D eigenvalue weighted by molar-refractivity contribution is 7.92. The van der Waals surface area contributed by atoms with Gasteiger partial charge >= 0.3 is 0 Å². The van der Waals surface area contributed by atoms with E-state index >= 15 is 0 Å². The van der Waals surface area contributed by atoms with Crippen LogP contribution in [-0.4, -0.2) is 36.6 Å². The fourth-order valence-corrected chi connectivity index (χ4v) is 4.26. The van der Waals surface area contributed by atoms with Gasteiger partial charge in [0.05, 0.1) is 18.1 Å². The number of rotatable bonds is 3. The Morgan fingerprint density at radius 1 is 1.50 bits per heavy atom. The summed E-state index contributed by atoms with van der Waals surface area (Å²) >= 11 is 0. The van der Waals surface area contributed by atoms with Gasteiger partial charge in [0, 0.05) is 6.20 Å². The van der Waals surface area contributed by atoms with Crippen molar-refractivity contribution < 1.29 is 18.3 Å². The molecule has 0 radical (unpaired) electrons. The molecular weight excluding hydrogens is 254 g/mol. The third-order valence-corrected chi connectivity index (χ3v) is 5.55. The fourth-order valence-electron chi connectivity index (χ4n) is 2.31. The highest BCUT2D eigenvalue weighted by Crippen LogP contribution is 2.33. The molecule has 2 rings (SSSR count). The molecule has 0 aromatic carbocycles. The van der Waals surface area contributed by atoms with Crippen LogP contribution in [0.25, 0.3) is 0 Å². The number of methoxy groups -OCH3 is 1. The number of hydrogen-bond acceptors (Lipinski definition) is 5. The third kappa shape index (κ3) is 2.49. The van der Waals surface area contributed by atoms with Crippen molar-refractivity contribution in [1.82, 2.24) is 4.98 Å². The maximum absolute atomic E-state index is 12.0. The van der Waals surface area contributed by atoms with Crippen LogP contribution in [0.2, 0.25) is 0 Å². The standard InChI is InChI=1S/C12H17NO4S/c1-17-9-5-4-7-13-11(9)12(14)10-6-2-3-8-18(10,15)16/h4-5,7,10,12,14H,2-3,6,8H2,1H3. The van der Waals surface area contributed by atoms with Crippen LogP contribution >= 0.6 is 0 Å². The number of hydrogen-bond donors (Lipinski definition) is 1. The average molecular weight is 271 g/mol. The maximum Gasteiger partial charge on any atom is 0.156 e. The van der Waals surface area contributed by atoms with Gasteiger partial charge in [0.25, 0.3) is 0 Å². The first-order valence-corrected chi connectivity index (χ1v) is 7.66. The molecule has 2 heterocycles. The van der Waals surface area contributed by atoms with Crippen molar-refractivity contribution in [2.75, 3.05) is 12.9 Å². The van der Waals surface area contributed by atoms with Crippen molar-refractivity contribution in [3.05, 3.63) is 24.0 Å². The van der Waals surface area contributed by atoms with Crippen LogP contribution in [0.5, 0.6) is 5.75 Å². The van der Waals surface area contributed by atoms with Gasteiger partial charge in [-0.05, 0) is 25.0 Å². The molecule has 100 valence electrons. The maximum atomic E-state index is 12.0. The van der Waals surface area contributed by atoms with Gasteiger partial charge in [0.15, 0.2) is 9.84 Å². The highest BCUT2D eigenvalue weighted by atomic mass is 32.2. The summed E-state index contributed by atoms with van der Waals surface area (Å²) in [6.07, 6.45) is 2.37. The molecule has 0 aliphatic carbocycles. The number of ether oxygens (including phenoxy) is 1. The van der Waals surface area contributed by atoms with Crippen molar-refractivity contribution >= 4 is 9.84 Å². The third-order valence-electron chi connectivity index (χ3n) is 3.28. The quantitative estimate of drug-likeness (QED) is 0.890. The lowest BCUT2D eigenvalue weighted by Crippen LogP contribution is -2.34. The van der Waals surface area contributed by atoms with Gasteiger partial charge in [-0.1, -0.05) is 6.42 Å². The Morgan fingerprint density at radius 3 is 2.94 bits per heavy atom. The smallest absolute Gasteiger partial charge is 0.156 e. The Bertz CT molecular complexity index is 515. The predicted octanol–water partition coefficient (Wildman–Crippen LogP) is 1.09. The van der Waals surface area contributed by atoms with Gasteiger partial charge in [-0.25, -0.2) is 8.42 Å². The van der Waals surface area contributed by atoms with E-state index in [1.807, 2.05) is 0 Å². The molecule has 1 aromatic heterocycles. The second kappa shape index (κ2) is 5.24. The first-order valence-electron chi connectivity index (χ1n) is 5.95. The lowest BCUT2D eigenvalue weighted by Gasteiger charge is -2.26. The molecule has 6 heteroatoms. The largest absolute Gasteiger partial charge is 0.495 e. The molecular formula is C12H17NO4S. The number of aliphatic hydroxyl groups excluding tert-OH is 1. The van der Waals surface area contributed by atoms with Crippen LogP contribution in [0.3, 0.4) is 0 Å². The van der Waals surface area contributed by atoms with Crippen molar-refractivity contribution in [2.24, 2.45) is 0 Å². The number of aromatic nitrogens is 1. The molecule has 1 aromatic rings. The zero-order valence-corrected chi connectivity index (χ0v) is 11.1. The van der Waals surface area contributed by atoms with E-state index in [-0.39, 0.29) is 5.75 Å². The van der Waals surface area contributed by atoms with E-state index in [0.29, 0.717) is 24.3 Å². The van der Waals surface area contributed by atoms with Gasteiger partial charge in [-0.3, -0.25) is 4.98 Å². The second-order valence-corrected chi connectivity index (χ2v) is 6.78. The van der Waals surface area contributed by atoms with Gasteiger partial charge < -0.3 is 9.84 Å². The number of sulfone groups is 1. The molecule has 2 atom stereocenters. The van der Waals surface area contributed by atoms with Gasteiger partial charge in [0.2, 0.25) is 0 Å². The number of aliphatic hydroxyl groups is 1. The zero-order chi connectivity index (χ0) is 13.2. The van der Waals surface area contributed by atoms with Crippen LogP contribution in [0, 0.1) is 0 Å². The van der Waals surface area contributed by atoms with Gasteiger partial charge in [-0.2, -0.15) is 0 Å². The van der Waals surface area contributed by atoms with Gasteiger partial charge in [-0.15, -0.1) is 0 Å². The second-order valence-electron chi connectivity index (χ2n) is 4.44. The molecule has 5 nitrogen and oxygen atoms in total. The molecule has 1 aliphatic rings. The van der Waals surface area contributed by atoms with E-state index < -0.39 is 21.2 Å². The van der Waals surface area contributed by atoms with E-state index in [0.717, 1.165) is 6.42 Å². The molecule has 0 amide bonds. The summed E-state index contributed by atoms with van der Waals surface area (Å²) in [4.78, 5) is 4.05. The summed E-state index contributed by atoms with van der Waals surface area (Å²) in [5, 5.41) is 9.50. The van der Waals surface area contributed by atoms with E-state index in [1.165, 1.54) is 13.3 Å². The minimum Gasteiger partial charge on any atom is -0.495 e. The summed E-state index contributed by atoms with van der Waals surface area (Å²) < 4.78 is 29.0. The molecule has 1 N–H and O–H groups in total. The molecule has 1 fully saturated rings. The lowest BCUT2D eigenvalue weighted by molar-refractivity contribution is 0.155. The summed E-state index contributed by atoms with van der Waals surface area (Å²) in [7, 11) is -1.77. The van der Waals surface area contributed by atoms with Crippen molar-refractivity contribution in [1.29, 1.82) is 0 Å². The SMILES string of the molecule is COc1cccnc1C(O)C1CCCCS1(=O)=O. The van der Waals surface area contributed by atoms with Crippen LogP contribution in [0.4, 0.5) is 0 Å². The first-order chi connectivity index (χ1) is 8.56. The molecule has 0 spiro atoms. The molecule has 18 heavy (non-hydrogen) atoms. The normalized spacial score (nSPS) is 24.4.